The first-order valence-corrected chi connectivity index (χ1v) is 5.98. The fourth-order valence-corrected chi connectivity index (χ4v) is 1.95. The number of carbonyl (C=O) groups is 1. The highest BCUT2D eigenvalue weighted by Gasteiger charge is 2.11. The summed E-state index contributed by atoms with van der Waals surface area (Å²) < 4.78 is 9.95. The van der Waals surface area contributed by atoms with Crippen molar-refractivity contribution in [1.82, 2.24) is 0 Å². The minimum atomic E-state index is -0.569. The van der Waals surface area contributed by atoms with Crippen LogP contribution in [-0.4, -0.2) is 16.2 Å². The lowest BCUT2D eigenvalue weighted by Gasteiger charge is -2.10. The second-order valence-electron chi connectivity index (χ2n) is 4.30. The number of aliphatic hydroxyl groups excluding tert-OH is 2. The Hall–Kier alpha value is -2.18. The van der Waals surface area contributed by atoms with Gasteiger partial charge in [-0.15, -0.1) is 0 Å². The standard InChI is InChI=1S/C14H14O6/c1-8(17)19-7-11-4-14(18)20-13-3-10(6-16)9(5-15)2-12(11)13/h2-4,15-16H,5-7H2,1H3. The number of aliphatic hydroxyl groups is 2. The van der Waals surface area contributed by atoms with E-state index in [2.05, 4.69) is 0 Å². The predicted molar refractivity (Wildman–Crippen MR) is 69.8 cm³/mol. The molecule has 1 aromatic carbocycles. The van der Waals surface area contributed by atoms with E-state index in [0.29, 0.717) is 22.1 Å². The molecular weight excluding hydrogens is 264 g/mol. The lowest BCUT2D eigenvalue weighted by Crippen LogP contribution is -2.06. The zero-order valence-corrected chi connectivity index (χ0v) is 10.9. The molecule has 0 saturated carbocycles. The summed E-state index contributed by atoms with van der Waals surface area (Å²) in [5.74, 6) is -0.458. The van der Waals surface area contributed by atoms with Gasteiger partial charge in [0.1, 0.15) is 12.2 Å². The largest absolute Gasteiger partial charge is 0.461 e. The molecule has 1 heterocycles. The Bertz CT molecular complexity index is 701. The number of fused-ring (bicyclic) bond motifs is 1. The Labute approximate surface area is 114 Å². The van der Waals surface area contributed by atoms with Gasteiger partial charge in [0.05, 0.1) is 13.2 Å². The minimum absolute atomic E-state index is 0.0548. The third-order valence-electron chi connectivity index (χ3n) is 2.92. The van der Waals surface area contributed by atoms with Gasteiger partial charge < -0.3 is 19.4 Å². The van der Waals surface area contributed by atoms with Crippen molar-refractivity contribution in [3.8, 4) is 0 Å². The maximum absolute atomic E-state index is 11.5. The van der Waals surface area contributed by atoms with E-state index in [4.69, 9.17) is 9.15 Å². The number of rotatable bonds is 4. The number of hydrogen-bond acceptors (Lipinski definition) is 6. The Kier molecular flexibility index (Phi) is 4.16. The highest BCUT2D eigenvalue weighted by atomic mass is 16.5. The van der Waals surface area contributed by atoms with Crippen molar-refractivity contribution < 1.29 is 24.2 Å². The lowest BCUT2D eigenvalue weighted by atomic mass is 10.0. The summed E-state index contributed by atoms with van der Waals surface area (Å²) in [4.78, 5) is 22.3. The molecule has 0 amide bonds. The molecule has 1 aromatic heterocycles. The molecule has 6 heteroatoms. The van der Waals surface area contributed by atoms with Gasteiger partial charge >= 0.3 is 11.6 Å². The van der Waals surface area contributed by atoms with Gasteiger partial charge in [-0.2, -0.15) is 0 Å². The van der Waals surface area contributed by atoms with Crippen LogP contribution in [-0.2, 0) is 29.4 Å². The summed E-state index contributed by atoms with van der Waals surface area (Å²) in [5, 5.41) is 19.1. The smallest absolute Gasteiger partial charge is 0.336 e. The van der Waals surface area contributed by atoms with Crippen LogP contribution in [0, 0.1) is 0 Å². The molecular formula is C14H14O6. The van der Waals surface area contributed by atoms with Gasteiger partial charge in [-0.25, -0.2) is 4.79 Å². The van der Waals surface area contributed by atoms with Crippen LogP contribution in [0.5, 0.6) is 0 Å². The zero-order chi connectivity index (χ0) is 14.7. The van der Waals surface area contributed by atoms with Crippen LogP contribution in [0.2, 0.25) is 0 Å². The Morgan fingerprint density at radius 2 is 1.80 bits per heavy atom. The van der Waals surface area contributed by atoms with Crippen LogP contribution < -0.4 is 5.63 Å². The minimum Gasteiger partial charge on any atom is -0.461 e. The molecule has 0 radical (unpaired) electrons. The van der Waals surface area contributed by atoms with Crippen molar-refractivity contribution in [3.63, 3.8) is 0 Å². The Balaban J connectivity index is 2.61. The highest BCUT2D eigenvalue weighted by Crippen LogP contribution is 2.23. The second-order valence-corrected chi connectivity index (χ2v) is 4.30. The van der Waals surface area contributed by atoms with Crippen molar-refractivity contribution in [2.24, 2.45) is 0 Å². The second kappa shape index (κ2) is 5.85. The molecule has 2 rings (SSSR count). The van der Waals surface area contributed by atoms with Gasteiger partial charge in [0.2, 0.25) is 0 Å². The number of benzene rings is 1. The third-order valence-corrected chi connectivity index (χ3v) is 2.92. The van der Waals surface area contributed by atoms with Gasteiger partial charge in [-0.05, 0) is 23.3 Å². The van der Waals surface area contributed by atoms with Gasteiger partial charge in [0, 0.05) is 23.9 Å². The third kappa shape index (κ3) is 2.87. The summed E-state index contributed by atoms with van der Waals surface area (Å²) in [7, 11) is 0. The molecule has 0 aliphatic rings. The summed E-state index contributed by atoms with van der Waals surface area (Å²) >= 11 is 0. The molecule has 0 unspecified atom stereocenters. The molecule has 6 nitrogen and oxygen atoms in total. The summed E-state index contributed by atoms with van der Waals surface area (Å²) in [6.07, 6.45) is 0. The van der Waals surface area contributed by atoms with Gasteiger partial charge in [-0.3, -0.25) is 4.79 Å². The van der Waals surface area contributed by atoms with Gasteiger partial charge in [-0.1, -0.05) is 0 Å². The first kappa shape index (κ1) is 14.2. The number of esters is 1. The van der Waals surface area contributed by atoms with Crippen LogP contribution in [0.15, 0.2) is 27.4 Å². The van der Waals surface area contributed by atoms with E-state index in [0.717, 1.165) is 0 Å². The molecule has 0 aliphatic heterocycles. The molecule has 0 spiro atoms. The van der Waals surface area contributed by atoms with E-state index in [1.54, 1.807) is 6.07 Å². The van der Waals surface area contributed by atoms with E-state index in [1.165, 1.54) is 19.1 Å². The lowest BCUT2D eigenvalue weighted by molar-refractivity contribution is -0.142. The monoisotopic (exact) mass is 278 g/mol. The van der Waals surface area contributed by atoms with Crippen LogP contribution in [0.25, 0.3) is 11.0 Å². The molecule has 2 N–H and O–H groups in total. The zero-order valence-electron chi connectivity index (χ0n) is 10.9. The number of hydrogen-bond donors (Lipinski definition) is 2. The van der Waals surface area contributed by atoms with Crippen LogP contribution in [0.3, 0.4) is 0 Å². The summed E-state index contributed by atoms with van der Waals surface area (Å²) in [6.45, 7) is 0.694. The average Bonchev–Trinajstić information content (AvgIpc) is 2.42. The quantitative estimate of drug-likeness (QED) is 0.635. The Morgan fingerprint density at radius 1 is 1.15 bits per heavy atom. The first-order valence-electron chi connectivity index (χ1n) is 5.98. The number of carbonyl (C=O) groups excluding carboxylic acids is 1. The van der Waals surface area contributed by atoms with Crippen molar-refractivity contribution in [2.45, 2.75) is 26.7 Å². The average molecular weight is 278 g/mol. The predicted octanol–water partition coefficient (Wildman–Crippen LogP) is 0.841. The van der Waals surface area contributed by atoms with Crippen LogP contribution in [0.1, 0.15) is 23.6 Å². The van der Waals surface area contributed by atoms with Crippen molar-refractivity contribution in [2.75, 3.05) is 0 Å². The maximum Gasteiger partial charge on any atom is 0.336 e. The SMILES string of the molecule is CC(=O)OCc1cc(=O)oc2cc(CO)c(CO)cc12. The Morgan fingerprint density at radius 3 is 2.40 bits per heavy atom. The topological polar surface area (TPSA) is 97.0 Å². The molecule has 0 saturated heterocycles. The maximum atomic E-state index is 11.5. The molecule has 20 heavy (non-hydrogen) atoms. The van der Waals surface area contributed by atoms with Crippen molar-refractivity contribution >= 4 is 16.9 Å². The summed E-state index contributed by atoms with van der Waals surface area (Å²) in [6, 6.07) is 4.35. The molecule has 2 aromatic rings. The molecule has 0 fully saturated rings. The fourth-order valence-electron chi connectivity index (χ4n) is 1.95. The van der Waals surface area contributed by atoms with E-state index < -0.39 is 11.6 Å². The van der Waals surface area contributed by atoms with E-state index in [1.807, 2.05) is 0 Å². The first-order chi connectivity index (χ1) is 9.55. The van der Waals surface area contributed by atoms with E-state index in [-0.39, 0.29) is 25.4 Å². The van der Waals surface area contributed by atoms with Crippen molar-refractivity contribution in [1.29, 1.82) is 0 Å². The fraction of sp³-hybridized carbons (Fsp3) is 0.286. The van der Waals surface area contributed by atoms with Crippen LogP contribution >= 0.6 is 0 Å². The normalized spacial score (nSPS) is 10.8. The number of ether oxygens (including phenoxy) is 1. The van der Waals surface area contributed by atoms with Crippen LogP contribution in [0.4, 0.5) is 0 Å². The molecule has 106 valence electrons. The molecule has 0 atom stereocenters. The molecule has 0 bridgehead atoms. The summed E-state index contributed by atoms with van der Waals surface area (Å²) in [5.41, 5.74) is 1.21. The van der Waals surface area contributed by atoms with E-state index >= 15 is 0 Å². The molecule has 0 aliphatic carbocycles. The highest BCUT2D eigenvalue weighted by molar-refractivity contribution is 5.82. The van der Waals surface area contributed by atoms with Gasteiger partial charge in [0.15, 0.2) is 0 Å². The van der Waals surface area contributed by atoms with Gasteiger partial charge in [0.25, 0.3) is 0 Å². The van der Waals surface area contributed by atoms with E-state index in [9.17, 15) is 19.8 Å². The van der Waals surface area contributed by atoms with Crippen molar-refractivity contribution in [3.05, 3.63) is 45.3 Å².